The van der Waals surface area contributed by atoms with E-state index < -0.39 is 0 Å². The van der Waals surface area contributed by atoms with Crippen molar-refractivity contribution in [2.45, 2.75) is 23.6 Å². The summed E-state index contributed by atoms with van der Waals surface area (Å²) in [6, 6.07) is 13.4. The van der Waals surface area contributed by atoms with E-state index in [-0.39, 0.29) is 5.97 Å². The lowest BCUT2D eigenvalue weighted by molar-refractivity contribution is 0.0526. The van der Waals surface area contributed by atoms with Crippen molar-refractivity contribution in [3.8, 4) is 5.75 Å². The molecule has 2 rings (SSSR count). The topological polar surface area (TPSA) is 35.5 Å². The number of ether oxygens (including phenoxy) is 2. The van der Waals surface area contributed by atoms with Gasteiger partial charge in [0.05, 0.1) is 19.3 Å². The Morgan fingerprint density at radius 3 is 2.43 bits per heavy atom. The highest BCUT2D eigenvalue weighted by molar-refractivity contribution is 7.99. The minimum atomic E-state index is -0.283. The van der Waals surface area contributed by atoms with Crippen LogP contribution in [0.1, 0.15) is 22.8 Å². The summed E-state index contributed by atoms with van der Waals surface area (Å²) < 4.78 is 10.2. The zero-order chi connectivity index (χ0) is 15.2. The first-order chi connectivity index (χ1) is 10.1. The molecule has 110 valence electrons. The van der Waals surface area contributed by atoms with E-state index in [1.54, 1.807) is 37.9 Å². The van der Waals surface area contributed by atoms with Crippen molar-refractivity contribution >= 4 is 17.7 Å². The number of esters is 1. The van der Waals surface area contributed by atoms with Gasteiger partial charge in [0.15, 0.2) is 0 Å². The van der Waals surface area contributed by atoms with Crippen LogP contribution in [0.25, 0.3) is 0 Å². The Kier molecular flexibility index (Phi) is 5.28. The molecule has 0 aliphatic carbocycles. The second kappa shape index (κ2) is 7.18. The maximum atomic E-state index is 11.6. The second-order valence-corrected chi connectivity index (χ2v) is 5.59. The van der Waals surface area contributed by atoms with Crippen LogP contribution in [0, 0.1) is 6.92 Å². The highest BCUT2D eigenvalue weighted by Crippen LogP contribution is 2.32. The van der Waals surface area contributed by atoms with Crippen LogP contribution in [0.15, 0.2) is 52.3 Å². The summed E-state index contributed by atoms with van der Waals surface area (Å²) in [5.74, 6) is 0.573. The monoisotopic (exact) mass is 302 g/mol. The molecule has 0 unspecified atom stereocenters. The van der Waals surface area contributed by atoms with E-state index in [1.807, 2.05) is 30.3 Å². The van der Waals surface area contributed by atoms with Crippen LogP contribution >= 0.6 is 11.8 Å². The molecule has 0 amide bonds. The van der Waals surface area contributed by atoms with Gasteiger partial charge in [-0.3, -0.25) is 0 Å². The third-order valence-electron chi connectivity index (χ3n) is 2.98. The fourth-order valence-corrected chi connectivity index (χ4v) is 2.75. The average molecular weight is 302 g/mol. The third-order valence-corrected chi connectivity index (χ3v) is 4.16. The van der Waals surface area contributed by atoms with Crippen molar-refractivity contribution < 1.29 is 14.3 Å². The van der Waals surface area contributed by atoms with Gasteiger partial charge in [0, 0.05) is 9.79 Å². The molecule has 2 aromatic rings. The molecule has 0 bridgehead atoms. The molecule has 0 aromatic heterocycles. The van der Waals surface area contributed by atoms with Crippen LogP contribution < -0.4 is 4.74 Å². The van der Waals surface area contributed by atoms with Gasteiger partial charge in [-0.15, -0.1) is 0 Å². The maximum Gasteiger partial charge on any atom is 0.338 e. The van der Waals surface area contributed by atoms with Crippen LogP contribution in [0.5, 0.6) is 5.75 Å². The van der Waals surface area contributed by atoms with E-state index in [0.29, 0.717) is 12.2 Å². The van der Waals surface area contributed by atoms with E-state index in [2.05, 4.69) is 6.92 Å². The minimum Gasteiger partial charge on any atom is -0.497 e. The number of methoxy groups -OCH3 is 1. The predicted molar refractivity (Wildman–Crippen MR) is 84.3 cm³/mol. The number of carbonyl (C=O) groups is 1. The summed E-state index contributed by atoms with van der Waals surface area (Å²) in [6.45, 7) is 4.24. The zero-order valence-corrected chi connectivity index (χ0v) is 13.2. The summed E-state index contributed by atoms with van der Waals surface area (Å²) in [6.07, 6.45) is 0. The standard InChI is InChI=1S/C17H18O3S/c1-4-20-17(18)13-5-8-15(9-6-13)21-16-10-7-14(19-3)11-12(16)2/h5-11H,4H2,1-3H3. The largest absolute Gasteiger partial charge is 0.497 e. The Morgan fingerprint density at radius 2 is 1.86 bits per heavy atom. The molecule has 4 heteroatoms. The number of hydrogen-bond acceptors (Lipinski definition) is 4. The van der Waals surface area contributed by atoms with Crippen LogP contribution in [0.4, 0.5) is 0 Å². The Hall–Kier alpha value is -1.94. The minimum absolute atomic E-state index is 0.283. The first-order valence-corrected chi connectivity index (χ1v) is 7.55. The number of aryl methyl sites for hydroxylation is 1. The predicted octanol–water partition coefficient (Wildman–Crippen LogP) is 4.33. The van der Waals surface area contributed by atoms with Crippen molar-refractivity contribution in [1.29, 1.82) is 0 Å². The van der Waals surface area contributed by atoms with E-state index >= 15 is 0 Å². The van der Waals surface area contributed by atoms with Gasteiger partial charge in [0.1, 0.15) is 5.75 Å². The van der Waals surface area contributed by atoms with Gasteiger partial charge < -0.3 is 9.47 Å². The number of benzene rings is 2. The molecular formula is C17H18O3S. The summed E-state index contributed by atoms with van der Waals surface area (Å²) in [7, 11) is 1.66. The molecule has 0 atom stereocenters. The summed E-state index contributed by atoms with van der Waals surface area (Å²) in [4.78, 5) is 13.8. The number of hydrogen-bond donors (Lipinski definition) is 0. The molecule has 0 aliphatic rings. The molecule has 3 nitrogen and oxygen atoms in total. The van der Waals surface area contributed by atoms with E-state index in [4.69, 9.17) is 9.47 Å². The third kappa shape index (κ3) is 4.02. The highest BCUT2D eigenvalue weighted by Gasteiger charge is 2.07. The molecule has 0 aliphatic heterocycles. The normalized spacial score (nSPS) is 10.2. The van der Waals surface area contributed by atoms with Crippen molar-refractivity contribution in [2.24, 2.45) is 0 Å². The van der Waals surface area contributed by atoms with Crippen LogP contribution in [-0.2, 0) is 4.74 Å². The van der Waals surface area contributed by atoms with Gasteiger partial charge >= 0.3 is 5.97 Å². The maximum absolute atomic E-state index is 11.6. The lowest BCUT2D eigenvalue weighted by Gasteiger charge is -2.08. The molecule has 2 aromatic carbocycles. The Morgan fingerprint density at radius 1 is 1.14 bits per heavy atom. The van der Waals surface area contributed by atoms with Gasteiger partial charge in [-0.05, 0) is 61.9 Å². The van der Waals surface area contributed by atoms with Crippen molar-refractivity contribution in [2.75, 3.05) is 13.7 Å². The first-order valence-electron chi connectivity index (χ1n) is 6.73. The van der Waals surface area contributed by atoms with Gasteiger partial charge in [-0.25, -0.2) is 4.79 Å². The van der Waals surface area contributed by atoms with Gasteiger partial charge in [-0.1, -0.05) is 11.8 Å². The smallest absolute Gasteiger partial charge is 0.338 e. The summed E-state index contributed by atoms with van der Waals surface area (Å²) in [5, 5.41) is 0. The fourth-order valence-electron chi connectivity index (χ4n) is 1.86. The zero-order valence-electron chi connectivity index (χ0n) is 12.4. The SMILES string of the molecule is CCOC(=O)c1ccc(Sc2ccc(OC)cc2C)cc1. The highest BCUT2D eigenvalue weighted by atomic mass is 32.2. The van der Waals surface area contributed by atoms with Gasteiger partial charge in [0.25, 0.3) is 0 Å². The van der Waals surface area contributed by atoms with Crippen LogP contribution in [0.2, 0.25) is 0 Å². The Bertz CT molecular complexity index is 620. The molecular weight excluding hydrogens is 284 g/mol. The summed E-state index contributed by atoms with van der Waals surface area (Å²) >= 11 is 1.66. The van der Waals surface area contributed by atoms with Crippen molar-refractivity contribution in [3.63, 3.8) is 0 Å². The van der Waals surface area contributed by atoms with E-state index in [0.717, 1.165) is 16.2 Å². The quantitative estimate of drug-likeness (QED) is 0.770. The fraction of sp³-hybridized carbons (Fsp3) is 0.235. The second-order valence-electron chi connectivity index (χ2n) is 4.48. The summed E-state index contributed by atoms with van der Waals surface area (Å²) in [5.41, 5.74) is 1.74. The van der Waals surface area contributed by atoms with Crippen molar-refractivity contribution in [3.05, 3.63) is 53.6 Å². The number of carbonyl (C=O) groups excluding carboxylic acids is 1. The molecule has 0 spiro atoms. The molecule has 0 saturated heterocycles. The Balaban J connectivity index is 2.11. The first kappa shape index (κ1) is 15.4. The molecule has 0 radical (unpaired) electrons. The number of rotatable bonds is 5. The molecule has 0 saturated carbocycles. The van der Waals surface area contributed by atoms with Crippen LogP contribution in [0.3, 0.4) is 0 Å². The lowest BCUT2D eigenvalue weighted by Crippen LogP contribution is -2.03. The van der Waals surface area contributed by atoms with E-state index in [9.17, 15) is 4.79 Å². The molecule has 0 heterocycles. The molecule has 21 heavy (non-hydrogen) atoms. The van der Waals surface area contributed by atoms with Crippen LogP contribution in [-0.4, -0.2) is 19.7 Å². The average Bonchev–Trinajstić information content (AvgIpc) is 2.50. The van der Waals surface area contributed by atoms with Gasteiger partial charge in [0.2, 0.25) is 0 Å². The van der Waals surface area contributed by atoms with Gasteiger partial charge in [-0.2, -0.15) is 0 Å². The molecule has 0 N–H and O–H groups in total. The lowest BCUT2D eigenvalue weighted by atomic mass is 10.2. The Labute approximate surface area is 129 Å². The van der Waals surface area contributed by atoms with E-state index in [1.165, 1.54) is 4.90 Å². The molecule has 0 fully saturated rings. The van der Waals surface area contributed by atoms with Crippen molar-refractivity contribution in [1.82, 2.24) is 0 Å².